The Bertz CT molecular complexity index is 1330. The zero-order valence-electron chi connectivity index (χ0n) is 18.2. The molecular weight excluding hydrogens is 500 g/mol. The van der Waals surface area contributed by atoms with Crippen molar-refractivity contribution < 1.29 is 9.66 Å². The summed E-state index contributed by atoms with van der Waals surface area (Å²) in [6.45, 7) is 3.62. The van der Waals surface area contributed by atoms with E-state index in [1.165, 1.54) is 11.9 Å². The number of rotatable bonds is 6. The maximum absolute atomic E-state index is 12.1. The van der Waals surface area contributed by atoms with E-state index in [-0.39, 0.29) is 17.4 Å². The Morgan fingerprint density at radius 3 is 2.53 bits per heavy atom. The van der Waals surface area contributed by atoms with E-state index in [2.05, 4.69) is 47.9 Å². The summed E-state index contributed by atoms with van der Waals surface area (Å²) >= 11 is 3.50. The predicted molar refractivity (Wildman–Crippen MR) is 132 cm³/mol. The van der Waals surface area contributed by atoms with Crippen LogP contribution in [0.4, 0.5) is 11.5 Å². The third-order valence-corrected chi connectivity index (χ3v) is 6.45. The van der Waals surface area contributed by atoms with Crippen LogP contribution < -0.4 is 9.64 Å². The first-order chi connectivity index (χ1) is 16.6. The molecule has 10 heteroatoms. The molecule has 0 unspecified atom stereocenters. The minimum absolute atomic E-state index is 0.101. The molecule has 5 rings (SSSR count). The van der Waals surface area contributed by atoms with E-state index in [1.807, 2.05) is 41.3 Å². The van der Waals surface area contributed by atoms with Crippen LogP contribution in [0.2, 0.25) is 0 Å². The van der Waals surface area contributed by atoms with Gasteiger partial charge in [0.15, 0.2) is 5.75 Å². The van der Waals surface area contributed by atoms with Crippen LogP contribution in [0, 0.1) is 10.1 Å². The van der Waals surface area contributed by atoms with Gasteiger partial charge in [-0.1, -0.05) is 52.3 Å². The molecule has 172 valence electrons. The Hall–Kier alpha value is -3.63. The molecule has 4 aromatic rings. The molecule has 1 aliphatic rings. The quantitative estimate of drug-likeness (QED) is 0.264. The highest BCUT2D eigenvalue weighted by atomic mass is 79.9. The van der Waals surface area contributed by atoms with Crippen molar-refractivity contribution in [1.82, 2.24) is 19.9 Å². The maximum Gasteiger partial charge on any atom is 0.373 e. The van der Waals surface area contributed by atoms with Gasteiger partial charge < -0.3 is 9.64 Å². The van der Waals surface area contributed by atoms with Crippen molar-refractivity contribution in [3.63, 3.8) is 0 Å². The molecule has 3 heterocycles. The number of piperazine rings is 1. The first-order valence-electron chi connectivity index (χ1n) is 10.8. The van der Waals surface area contributed by atoms with Crippen molar-refractivity contribution in [2.24, 2.45) is 0 Å². The highest BCUT2D eigenvalue weighted by molar-refractivity contribution is 9.10. The lowest BCUT2D eigenvalue weighted by atomic mass is 10.2. The number of anilines is 1. The first kappa shape index (κ1) is 22.2. The molecule has 2 aromatic carbocycles. The number of aromatic nitrogens is 3. The second-order valence-electron chi connectivity index (χ2n) is 7.90. The Labute approximate surface area is 204 Å². The van der Waals surface area contributed by atoms with Crippen LogP contribution in [0.1, 0.15) is 5.56 Å². The SMILES string of the molecule is O=[N+]([O-])c1c(Oc2ccc(Br)c3cccnc23)ncnc1N1CCN(Cc2ccccc2)CC1. The van der Waals surface area contributed by atoms with E-state index in [0.29, 0.717) is 24.4 Å². The van der Waals surface area contributed by atoms with E-state index in [0.717, 1.165) is 29.5 Å². The standard InChI is InChI=1S/C24H21BrN6O3/c25-19-8-9-20(21-18(19)7-4-10-26-21)34-24-22(31(32)33)23(27-16-28-24)30-13-11-29(12-14-30)15-17-5-2-1-3-6-17/h1-10,16H,11-15H2. The van der Waals surface area contributed by atoms with Crippen molar-refractivity contribution in [1.29, 1.82) is 0 Å². The fourth-order valence-electron chi connectivity index (χ4n) is 4.08. The van der Waals surface area contributed by atoms with Gasteiger partial charge in [0, 0.05) is 48.8 Å². The molecule has 0 amide bonds. The normalized spacial score (nSPS) is 14.3. The van der Waals surface area contributed by atoms with Crippen molar-refractivity contribution in [2.75, 3.05) is 31.1 Å². The average Bonchev–Trinajstić information content (AvgIpc) is 2.87. The molecule has 0 radical (unpaired) electrons. The lowest BCUT2D eigenvalue weighted by molar-refractivity contribution is -0.385. The number of halogens is 1. The predicted octanol–water partition coefficient (Wildman–Crippen LogP) is 4.81. The molecule has 0 aliphatic carbocycles. The fraction of sp³-hybridized carbons (Fsp3) is 0.208. The number of ether oxygens (including phenoxy) is 1. The molecule has 0 N–H and O–H groups in total. The van der Waals surface area contributed by atoms with Crippen LogP contribution in [-0.2, 0) is 6.54 Å². The second-order valence-corrected chi connectivity index (χ2v) is 8.76. The van der Waals surface area contributed by atoms with Crippen LogP contribution in [0.25, 0.3) is 10.9 Å². The van der Waals surface area contributed by atoms with Gasteiger partial charge in [0.05, 0.1) is 4.92 Å². The monoisotopic (exact) mass is 520 g/mol. The van der Waals surface area contributed by atoms with Crippen LogP contribution >= 0.6 is 15.9 Å². The molecule has 9 nitrogen and oxygen atoms in total. The summed E-state index contributed by atoms with van der Waals surface area (Å²) in [7, 11) is 0. The summed E-state index contributed by atoms with van der Waals surface area (Å²) in [5.74, 6) is 0.555. The number of hydrogen-bond acceptors (Lipinski definition) is 8. The molecule has 34 heavy (non-hydrogen) atoms. The lowest BCUT2D eigenvalue weighted by Gasteiger charge is -2.35. The summed E-state index contributed by atoms with van der Waals surface area (Å²) in [5.41, 5.74) is 1.59. The van der Waals surface area contributed by atoms with Crippen molar-refractivity contribution >= 4 is 38.3 Å². The summed E-state index contributed by atoms with van der Waals surface area (Å²) in [6, 6.07) is 17.5. The van der Waals surface area contributed by atoms with Gasteiger partial charge in [-0.05, 0) is 23.8 Å². The Kier molecular flexibility index (Phi) is 6.33. The van der Waals surface area contributed by atoms with Gasteiger partial charge in [-0.2, -0.15) is 4.98 Å². The Morgan fingerprint density at radius 2 is 1.76 bits per heavy atom. The highest BCUT2D eigenvalue weighted by Gasteiger charge is 2.31. The number of fused-ring (bicyclic) bond motifs is 1. The Morgan fingerprint density at radius 1 is 0.971 bits per heavy atom. The van der Waals surface area contributed by atoms with Crippen LogP contribution in [0.5, 0.6) is 11.6 Å². The molecule has 2 aromatic heterocycles. The van der Waals surface area contributed by atoms with Gasteiger partial charge in [0.2, 0.25) is 5.82 Å². The number of hydrogen-bond donors (Lipinski definition) is 0. The van der Waals surface area contributed by atoms with Gasteiger partial charge in [-0.25, -0.2) is 4.98 Å². The van der Waals surface area contributed by atoms with Gasteiger partial charge in [-0.15, -0.1) is 0 Å². The molecule has 0 bridgehead atoms. The highest BCUT2D eigenvalue weighted by Crippen LogP contribution is 2.39. The minimum Gasteiger partial charge on any atom is -0.431 e. The van der Waals surface area contributed by atoms with E-state index in [9.17, 15) is 10.1 Å². The number of pyridine rings is 1. The second kappa shape index (κ2) is 9.70. The smallest absolute Gasteiger partial charge is 0.373 e. The van der Waals surface area contributed by atoms with Gasteiger partial charge in [-0.3, -0.25) is 20.0 Å². The molecule has 0 saturated carbocycles. The summed E-state index contributed by atoms with van der Waals surface area (Å²) in [6.07, 6.45) is 2.96. The fourth-order valence-corrected chi connectivity index (χ4v) is 4.53. The minimum atomic E-state index is -0.477. The van der Waals surface area contributed by atoms with E-state index >= 15 is 0 Å². The molecule has 0 spiro atoms. The third kappa shape index (κ3) is 4.55. The van der Waals surface area contributed by atoms with Gasteiger partial charge in [0.1, 0.15) is 11.8 Å². The summed E-state index contributed by atoms with van der Waals surface area (Å²) < 4.78 is 6.81. The largest absolute Gasteiger partial charge is 0.431 e. The molecule has 1 saturated heterocycles. The van der Waals surface area contributed by atoms with Crippen molar-refractivity contribution in [3.05, 3.63) is 87.3 Å². The first-order valence-corrected chi connectivity index (χ1v) is 11.6. The molecule has 0 atom stereocenters. The topological polar surface area (TPSA) is 97.5 Å². The summed E-state index contributed by atoms with van der Waals surface area (Å²) in [5, 5.41) is 12.9. The third-order valence-electron chi connectivity index (χ3n) is 5.76. The molecular formula is C24H21BrN6O3. The van der Waals surface area contributed by atoms with Gasteiger partial charge >= 0.3 is 11.6 Å². The van der Waals surface area contributed by atoms with Crippen LogP contribution in [-0.4, -0.2) is 51.0 Å². The van der Waals surface area contributed by atoms with E-state index in [1.54, 1.807) is 12.3 Å². The average molecular weight is 521 g/mol. The number of nitrogens with zero attached hydrogens (tertiary/aromatic N) is 6. The molecule has 1 fully saturated rings. The van der Waals surface area contributed by atoms with Crippen LogP contribution in [0.15, 0.2) is 71.6 Å². The Balaban J connectivity index is 1.39. The molecule has 1 aliphatic heterocycles. The van der Waals surface area contributed by atoms with Crippen LogP contribution in [0.3, 0.4) is 0 Å². The van der Waals surface area contributed by atoms with E-state index in [4.69, 9.17) is 4.74 Å². The van der Waals surface area contributed by atoms with Gasteiger partial charge in [0.25, 0.3) is 0 Å². The summed E-state index contributed by atoms with van der Waals surface area (Å²) in [4.78, 5) is 28.6. The zero-order valence-corrected chi connectivity index (χ0v) is 19.8. The number of benzene rings is 2. The maximum atomic E-state index is 12.1. The van der Waals surface area contributed by atoms with E-state index < -0.39 is 4.92 Å². The lowest BCUT2D eigenvalue weighted by Crippen LogP contribution is -2.46. The van der Waals surface area contributed by atoms with Crippen molar-refractivity contribution in [2.45, 2.75) is 6.54 Å². The number of nitro groups is 1. The zero-order chi connectivity index (χ0) is 23.5. The van der Waals surface area contributed by atoms with Crippen molar-refractivity contribution in [3.8, 4) is 11.6 Å².